The van der Waals surface area contributed by atoms with Crippen LogP contribution in [0.4, 0.5) is 5.69 Å². The molecule has 1 aromatic carbocycles. The van der Waals surface area contributed by atoms with Crippen molar-refractivity contribution in [2.24, 2.45) is 0 Å². The number of amides is 1. The van der Waals surface area contributed by atoms with Gasteiger partial charge in [-0.2, -0.15) is 0 Å². The van der Waals surface area contributed by atoms with Crippen LogP contribution in [0.25, 0.3) is 6.08 Å². The van der Waals surface area contributed by atoms with Gasteiger partial charge in [-0.05, 0) is 35.2 Å². The third-order valence-electron chi connectivity index (χ3n) is 2.44. The maximum atomic E-state index is 11.7. The third kappa shape index (κ3) is 3.46. The monoisotopic (exact) mass is 289 g/mol. The van der Waals surface area contributed by atoms with Crippen molar-refractivity contribution in [2.75, 3.05) is 5.32 Å². The highest BCUT2D eigenvalue weighted by atomic mass is 32.1. The van der Waals surface area contributed by atoms with E-state index >= 15 is 0 Å². The minimum atomic E-state index is -1.07. The Morgan fingerprint density at radius 3 is 2.50 bits per heavy atom. The molecular formula is C14H11NO4S. The molecule has 6 heteroatoms. The van der Waals surface area contributed by atoms with E-state index in [0.29, 0.717) is 0 Å². The van der Waals surface area contributed by atoms with Crippen LogP contribution >= 0.6 is 11.3 Å². The summed E-state index contributed by atoms with van der Waals surface area (Å²) in [5.41, 5.74) is 1.03. The van der Waals surface area contributed by atoms with Crippen molar-refractivity contribution >= 4 is 35.0 Å². The van der Waals surface area contributed by atoms with Gasteiger partial charge in [0.15, 0.2) is 0 Å². The molecule has 1 amide bonds. The molecule has 0 aliphatic heterocycles. The topological polar surface area (TPSA) is 86.6 Å². The van der Waals surface area contributed by atoms with Gasteiger partial charge in [-0.1, -0.05) is 12.1 Å². The lowest BCUT2D eigenvalue weighted by molar-refractivity contribution is -0.111. The number of aromatic hydroxyl groups is 1. The van der Waals surface area contributed by atoms with Gasteiger partial charge in [0.1, 0.15) is 10.6 Å². The molecule has 0 aliphatic rings. The van der Waals surface area contributed by atoms with Crippen LogP contribution in [-0.4, -0.2) is 22.1 Å². The zero-order valence-electron chi connectivity index (χ0n) is 10.2. The molecule has 0 unspecified atom stereocenters. The van der Waals surface area contributed by atoms with Crippen LogP contribution in [0.15, 0.2) is 41.8 Å². The summed E-state index contributed by atoms with van der Waals surface area (Å²) < 4.78 is 0. The first kappa shape index (κ1) is 13.8. The molecule has 0 bridgehead atoms. The van der Waals surface area contributed by atoms with Gasteiger partial charge in [0, 0.05) is 6.08 Å². The molecule has 0 radical (unpaired) electrons. The van der Waals surface area contributed by atoms with Crippen LogP contribution in [0.1, 0.15) is 15.2 Å². The Kier molecular flexibility index (Phi) is 4.17. The van der Waals surface area contributed by atoms with E-state index in [1.165, 1.54) is 18.2 Å². The van der Waals surface area contributed by atoms with Gasteiger partial charge >= 0.3 is 5.97 Å². The number of hydrogen-bond donors (Lipinski definition) is 3. The maximum absolute atomic E-state index is 11.7. The van der Waals surface area contributed by atoms with E-state index in [1.807, 2.05) is 0 Å². The smallest absolute Gasteiger partial charge is 0.348 e. The van der Waals surface area contributed by atoms with E-state index in [4.69, 9.17) is 10.2 Å². The molecule has 0 fully saturated rings. The molecule has 1 aromatic heterocycles. The Morgan fingerprint density at radius 2 is 1.85 bits per heavy atom. The molecule has 0 aliphatic carbocycles. The number of nitrogens with one attached hydrogen (secondary N) is 1. The fourth-order valence-electron chi connectivity index (χ4n) is 1.51. The van der Waals surface area contributed by atoms with E-state index in [2.05, 4.69) is 5.32 Å². The lowest BCUT2D eigenvalue weighted by atomic mass is 10.2. The summed E-state index contributed by atoms with van der Waals surface area (Å²) in [6.45, 7) is 0. The number of anilines is 1. The van der Waals surface area contributed by atoms with Crippen molar-refractivity contribution in [3.05, 3.63) is 52.2 Å². The van der Waals surface area contributed by atoms with Crippen molar-refractivity contribution in [3.63, 3.8) is 0 Å². The first-order chi connectivity index (χ1) is 9.56. The van der Waals surface area contributed by atoms with Crippen molar-refractivity contribution in [3.8, 4) is 5.75 Å². The molecule has 5 nitrogen and oxygen atoms in total. The summed E-state index contributed by atoms with van der Waals surface area (Å²) in [5.74, 6) is -1.34. The molecule has 0 spiro atoms. The van der Waals surface area contributed by atoms with Gasteiger partial charge in [0.05, 0.1) is 5.69 Å². The van der Waals surface area contributed by atoms with Gasteiger partial charge in [-0.3, -0.25) is 4.79 Å². The molecule has 2 rings (SSSR count). The largest absolute Gasteiger partial charge is 0.508 e. The van der Waals surface area contributed by atoms with E-state index < -0.39 is 11.9 Å². The summed E-state index contributed by atoms with van der Waals surface area (Å²) in [7, 11) is 0. The van der Waals surface area contributed by atoms with Crippen molar-refractivity contribution in [1.82, 2.24) is 0 Å². The molecule has 2 aromatic rings. The predicted molar refractivity (Wildman–Crippen MR) is 77.0 cm³/mol. The second-order valence-corrected chi connectivity index (χ2v) is 4.80. The quantitative estimate of drug-likeness (QED) is 0.755. The molecule has 1 heterocycles. The minimum Gasteiger partial charge on any atom is -0.508 e. The summed E-state index contributed by atoms with van der Waals surface area (Å²) in [6.07, 6.45) is 2.87. The summed E-state index contributed by atoms with van der Waals surface area (Å²) >= 11 is 1.05. The second kappa shape index (κ2) is 6.03. The summed E-state index contributed by atoms with van der Waals surface area (Å²) in [6, 6.07) is 7.89. The number of carbonyl (C=O) groups excluding carboxylic acids is 1. The molecular weight excluding hydrogens is 278 g/mol. The zero-order chi connectivity index (χ0) is 14.5. The minimum absolute atomic E-state index is 0.0939. The summed E-state index contributed by atoms with van der Waals surface area (Å²) in [5, 5.41) is 22.2. The van der Waals surface area contributed by atoms with E-state index in [9.17, 15) is 9.59 Å². The van der Waals surface area contributed by atoms with Gasteiger partial charge in [-0.25, -0.2) is 4.79 Å². The Labute approximate surface area is 118 Å². The molecule has 3 N–H and O–H groups in total. The van der Waals surface area contributed by atoms with Crippen molar-refractivity contribution in [2.45, 2.75) is 0 Å². The highest BCUT2D eigenvalue weighted by molar-refractivity contribution is 7.12. The fraction of sp³-hybridized carbons (Fsp3) is 0. The molecule has 20 heavy (non-hydrogen) atoms. The van der Waals surface area contributed by atoms with Gasteiger partial charge in [0.2, 0.25) is 5.91 Å². The highest BCUT2D eigenvalue weighted by Crippen LogP contribution is 2.22. The first-order valence-corrected chi connectivity index (χ1v) is 6.53. The van der Waals surface area contributed by atoms with E-state index in [0.717, 1.165) is 16.9 Å². The van der Waals surface area contributed by atoms with Gasteiger partial charge in [0.25, 0.3) is 0 Å². The number of phenols is 1. The number of carboxylic acids is 1. The Balaban J connectivity index is 2.03. The molecule has 0 saturated carbocycles. The molecule has 102 valence electrons. The van der Waals surface area contributed by atoms with E-state index in [-0.39, 0.29) is 16.3 Å². The normalized spacial score (nSPS) is 10.6. The summed E-state index contributed by atoms with van der Waals surface area (Å²) in [4.78, 5) is 22.7. The van der Waals surface area contributed by atoms with Crippen LogP contribution < -0.4 is 5.32 Å². The number of phenolic OH excluding ortho intramolecular Hbond substituents is 1. The Hall–Kier alpha value is -2.60. The Morgan fingerprint density at radius 1 is 1.15 bits per heavy atom. The van der Waals surface area contributed by atoms with Gasteiger partial charge < -0.3 is 15.5 Å². The number of rotatable bonds is 4. The van der Waals surface area contributed by atoms with Crippen LogP contribution in [-0.2, 0) is 4.79 Å². The zero-order valence-corrected chi connectivity index (χ0v) is 11.1. The predicted octanol–water partition coefficient (Wildman–Crippen LogP) is 2.80. The van der Waals surface area contributed by atoms with Crippen LogP contribution in [0.3, 0.4) is 0 Å². The van der Waals surface area contributed by atoms with Crippen molar-refractivity contribution < 1.29 is 19.8 Å². The average molecular weight is 289 g/mol. The fourth-order valence-corrected chi connectivity index (χ4v) is 2.19. The molecule has 0 atom stereocenters. The first-order valence-electron chi connectivity index (χ1n) is 5.65. The SMILES string of the molecule is O=C(/C=C/c1ccc(O)cc1)Nc1ccsc1C(=O)O. The van der Waals surface area contributed by atoms with Crippen molar-refractivity contribution in [1.29, 1.82) is 0 Å². The van der Waals surface area contributed by atoms with Crippen LogP contribution in [0, 0.1) is 0 Å². The van der Waals surface area contributed by atoms with Crippen LogP contribution in [0.2, 0.25) is 0 Å². The number of hydrogen-bond acceptors (Lipinski definition) is 4. The maximum Gasteiger partial charge on any atom is 0.348 e. The van der Waals surface area contributed by atoms with E-state index in [1.54, 1.807) is 29.7 Å². The number of thiophene rings is 1. The van der Waals surface area contributed by atoms with Gasteiger partial charge in [-0.15, -0.1) is 11.3 Å². The standard InChI is InChI=1S/C14H11NO4S/c16-10-4-1-9(2-5-10)3-6-12(17)15-11-7-8-20-13(11)14(18)19/h1-8,16H,(H,15,17)(H,18,19)/b6-3+. The lowest BCUT2D eigenvalue weighted by Crippen LogP contribution is -2.09. The Bertz CT molecular complexity index is 658. The highest BCUT2D eigenvalue weighted by Gasteiger charge is 2.12. The lowest BCUT2D eigenvalue weighted by Gasteiger charge is -2.00. The number of aromatic carboxylic acids is 1. The third-order valence-corrected chi connectivity index (χ3v) is 3.34. The number of carbonyl (C=O) groups is 2. The average Bonchev–Trinajstić information content (AvgIpc) is 2.86. The molecule has 0 saturated heterocycles. The second-order valence-electron chi connectivity index (χ2n) is 3.88. The number of carboxylic acid groups (broad SMARTS) is 1. The number of benzene rings is 1. The van der Waals surface area contributed by atoms with Crippen LogP contribution in [0.5, 0.6) is 5.75 Å².